The van der Waals surface area contributed by atoms with Crippen molar-refractivity contribution in [2.75, 3.05) is 30.9 Å². The highest BCUT2D eigenvalue weighted by Crippen LogP contribution is 2.34. The number of hydrogen-bond donors (Lipinski definition) is 1. The second-order valence-electron chi connectivity index (χ2n) is 6.61. The van der Waals surface area contributed by atoms with Gasteiger partial charge in [-0.1, -0.05) is 0 Å². The summed E-state index contributed by atoms with van der Waals surface area (Å²) in [4.78, 5) is 36.5. The van der Waals surface area contributed by atoms with E-state index in [0.717, 1.165) is 24.2 Å². The Morgan fingerprint density at radius 3 is 2.69 bits per heavy atom. The molecule has 7 nitrogen and oxygen atoms in total. The largest absolute Gasteiger partial charge is 0.363 e. The number of anilines is 2. The Morgan fingerprint density at radius 1 is 1.19 bits per heavy atom. The van der Waals surface area contributed by atoms with Crippen LogP contribution in [0.4, 0.5) is 11.6 Å². The van der Waals surface area contributed by atoms with Crippen LogP contribution in [0, 0.1) is 0 Å². The molecule has 136 valence electrons. The van der Waals surface area contributed by atoms with Crippen LogP contribution in [0.15, 0.2) is 36.7 Å². The van der Waals surface area contributed by atoms with E-state index in [1.165, 1.54) is 6.92 Å². The maximum absolute atomic E-state index is 13.0. The molecule has 2 amide bonds. The van der Waals surface area contributed by atoms with E-state index in [4.69, 9.17) is 0 Å². The summed E-state index contributed by atoms with van der Waals surface area (Å²) in [5.74, 6) is 0.996. The molecule has 0 saturated carbocycles. The molecule has 2 aromatic heterocycles. The summed E-state index contributed by atoms with van der Waals surface area (Å²) in [5.41, 5.74) is 1.61. The fourth-order valence-electron chi connectivity index (χ4n) is 3.22. The second kappa shape index (κ2) is 7.51. The van der Waals surface area contributed by atoms with Crippen LogP contribution in [0.25, 0.3) is 0 Å². The molecule has 0 aliphatic carbocycles. The summed E-state index contributed by atoms with van der Waals surface area (Å²) in [5, 5.41) is 2.62. The van der Waals surface area contributed by atoms with Gasteiger partial charge < -0.3 is 15.1 Å². The predicted molar refractivity (Wildman–Crippen MR) is 100 cm³/mol. The van der Waals surface area contributed by atoms with E-state index in [2.05, 4.69) is 15.3 Å². The normalized spacial score (nSPS) is 16.4. The van der Waals surface area contributed by atoms with Crippen LogP contribution >= 0.6 is 0 Å². The summed E-state index contributed by atoms with van der Waals surface area (Å²) in [7, 11) is 3.90. The number of rotatable bonds is 4. The fraction of sp³-hybridized carbons (Fsp3) is 0.368. The average Bonchev–Trinajstić information content (AvgIpc) is 3.10. The summed E-state index contributed by atoms with van der Waals surface area (Å²) in [6.45, 7) is 2.12. The topological polar surface area (TPSA) is 78.4 Å². The molecule has 2 aromatic rings. The van der Waals surface area contributed by atoms with Crippen molar-refractivity contribution >= 4 is 23.5 Å². The lowest BCUT2D eigenvalue weighted by atomic mass is 10.0. The highest BCUT2D eigenvalue weighted by Gasteiger charge is 2.31. The minimum absolute atomic E-state index is 0.0292. The van der Waals surface area contributed by atoms with Gasteiger partial charge in [0.25, 0.3) is 5.91 Å². The van der Waals surface area contributed by atoms with Gasteiger partial charge in [0.2, 0.25) is 5.91 Å². The van der Waals surface area contributed by atoms with Gasteiger partial charge in [-0.3, -0.25) is 9.59 Å². The highest BCUT2D eigenvalue weighted by atomic mass is 16.2. The SMILES string of the molecule is CC(=O)Nc1cc(C(=O)N2CCCC2c2ccnc(N(C)C)c2)ccn1. The molecule has 3 heterocycles. The van der Waals surface area contributed by atoms with Crippen molar-refractivity contribution in [3.63, 3.8) is 0 Å². The van der Waals surface area contributed by atoms with Crippen molar-refractivity contribution in [1.82, 2.24) is 14.9 Å². The number of carbonyl (C=O) groups excluding carboxylic acids is 2. The number of amides is 2. The van der Waals surface area contributed by atoms with Gasteiger partial charge in [0, 0.05) is 45.5 Å². The van der Waals surface area contributed by atoms with Gasteiger partial charge in [-0.2, -0.15) is 0 Å². The first-order valence-corrected chi connectivity index (χ1v) is 8.63. The van der Waals surface area contributed by atoms with Crippen LogP contribution in [0.2, 0.25) is 0 Å². The lowest BCUT2D eigenvalue weighted by Gasteiger charge is -2.26. The van der Waals surface area contributed by atoms with E-state index in [1.807, 2.05) is 36.0 Å². The van der Waals surface area contributed by atoms with Gasteiger partial charge in [-0.05, 0) is 42.7 Å². The van der Waals surface area contributed by atoms with Crippen molar-refractivity contribution in [3.05, 3.63) is 47.8 Å². The second-order valence-corrected chi connectivity index (χ2v) is 6.61. The first-order chi connectivity index (χ1) is 12.5. The van der Waals surface area contributed by atoms with Gasteiger partial charge in [0.1, 0.15) is 11.6 Å². The number of nitrogens with zero attached hydrogens (tertiary/aromatic N) is 4. The zero-order valence-corrected chi connectivity index (χ0v) is 15.3. The molecule has 3 rings (SSSR count). The van der Waals surface area contributed by atoms with Crippen LogP contribution in [0.1, 0.15) is 41.7 Å². The third-order valence-electron chi connectivity index (χ3n) is 4.44. The van der Waals surface area contributed by atoms with Crippen LogP contribution in [0.5, 0.6) is 0 Å². The van der Waals surface area contributed by atoms with Crippen LogP contribution in [-0.2, 0) is 4.79 Å². The van der Waals surface area contributed by atoms with E-state index in [0.29, 0.717) is 17.9 Å². The molecule has 0 bridgehead atoms. The first-order valence-electron chi connectivity index (χ1n) is 8.63. The van der Waals surface area contributed by atoms with Crippen molar-refractivity contribution < 1.29 is 9.59 Å². The number of pyridine rings is 2. The van der Waals surface area contributed by atoms with Crippen LogP contribution in [0.3, 0.4) is 0 Å². The molecule has 0 spiro atoms. The van der Waals surface area contributed by atoms with Crippen molar-refractivity contribution in [3.8, 4) is 0 Å². The number of aromatic nitrogens is 2. The number of carbonyl (C=O) groups is 2. The summed E-state index contributed by atoms with van der Waals surface area (Å²) in [6.07, 6.45) is 5.21. The van der Waals surface area contributed by atoms with Crippen LogP contribution < -0.4 is 10.2 Å². The molecule has 1 atom stereocenters. The average molecular weight is 353 g/mol. The predicted octanol–water partition coefficient (Wildman–Crippen LogP) is 2.48. The molecule has 1 saturated heterocycles. The van der Waals surface area contributed by atoms with Crippen molar-refractivity contribution in [1.29, 1.82) is 0 Å². The van der Waals surface area contributed by atoms with Gasteiger partial charge in [-0.25, -0.2) is 9.97 Å². The monoisotopic (exact) mass is 353 g/mol. The molecule has 1 aliphatic heterocycles. The molecular weight excluding hydrogens is 330 g/mol. The van der Waals surface area contributed by atoms with Gasteiger partial charge in [-0.15, -0.1) is 0 Å². The van der Waals surface area contributed by atoms with Crippen molar-refractivity contribution in [2.45, 2.75) is 25.8 Å². The van der Waals surface area contributed by atoms with Gasteiger partial charge in [0.15, 0.2) is 0 Å². The Bertz CT molecular complexity index is 821. The summed E-state index contributed by atoms with van der Waals surface area (Å²) >= 11 is 0. The fourth-order valence-corrected chi connectivity index (χ4v) is 3.22. The van der Waals surface area contributed by atoms with E-state index in [-0.39, 0.29) is 17.9 Å². The zero-order chi connectivity index (χ0) is 18.7. The molecule has 7 heteroatoms. The lowest BCUT2D eigenvalue weighted by molar-refractivity contribution is -0.114. The Morgan fingerprint density at radius 2 is 1.96 bits per heavy atom. The van der Waals surface area contributed by atoms with E-state index in [9.17, 15) is 9.59 Å². The molecule has 1 fully saturated rings. The smallest absolute Gasteiger partial charge is 0.254 e. The maximum atomic E-state index is 13.0. The quantitative estimate of drug-likeness (QED) is 0.914. The molecule has 0 radical (unpaired) electrons. The third-order valence-corrected chi connectivity index (χ3v) is 4.44. The Balaban J connectivity index is 1.85. The highest BCUT2D eigenvalue weighted by molar-refractivity contribution is 5.96. The Labute approximate surface area is 153 Å². The van der Waals surface area contributed by atoms with E-state index in [1.54, 1.807) is 24.5 Å². The zero-order valence-electron chi connectivity index (χ0n) is 15.3. The first kappa shape index (κ1) is 17.8. The molecular formula is C19H23N5O2. The standard InChI is InChI=1S/C19H23N5O2/c1-13(25)22-17-11-15(7-8-20-17)19(26)24-10-4-5-16(24)14-6-9-21-18(12-14)23(2)3/h6-9,11-12,16H,4-5,10H2,1-3H3,(H,20,22,25). The molecule has 1 N–H and O–H groups in total. The lowest BCUT2D eigenvalue weighted by Crippen LogP contribution is -2.30. The number of nitrogens with one attached hydrogen (secondary N) is 1. The molecule has 0 aromatic carbocycles. The Hall–Kier alpha value is -2.96. The third kappa shape index (κ3) is 3.82. The molecule has 1 unspecified atom stereocenters. The summed E-state index contributed by atoms with van der Waals surface area (Å²) < 4.78 is 0. The molecule has 1 aliphatic rings. The maximum Gasteiger partial charge on any atom is 0.254 e. The number of likely N-dealkylation sites (tertiary alicyclic amines) is 1. The Kier molecular flexibility index (Phi) is 5.16. The van der Waals surface area contributed by atoms with Gasteiger partial charge >= 0.3 is 0 Å². The van der Waals surface area contributed by atoms with E-state index >= 15 is 0 Å². The molecule has 26 heavy (non-hydrogen) atoms. The van der Waals surface area contributed by atoms with Crippen LogP contribution in [-0.4, -0.2) is 47.3 Å². The van der Waals surface area contributed by atoms with E-state index < -0.39 is 0 Å². The van der Waals surface area contributed by atoms with Crippen molar-refractivity contribution in [2.24, 2.45) is 0 Å². The summed E-state index contributed by atoms with van der Waals surface area (Å²) in [6, 6.07) is 7.34. The minimum atomic E-state index is -0.214. The minimum Gasteiger partial charge on any atom is -0.363 e. The number of hydrogen-bond acceptors (Lipinski definition) is 5. The van der Waals surface area contributed by atoms with Gasteiger partial charge in [0.05, 0.1) is 6.04 Å².